The summed E-state index contributed by atoms with van der Waals surface area (Å²) in [5, 5.41) is 0.196. The van der Waals surface area contributed by atoms with Gasteiger partial charge >= 0.3 is 0 Å². The number of methoxy groups -OCH3 is 1. The molecule has 0 saturated heterocycles. The molecule has 0 aliphatic carbocycles. The van der Waals surface area contributed by atoms with E-state index in [0.29, 0.717) is 5.92 Å². The van der Waals surface area contributed by atoms with Gasteiger partial charge in [-0.25, -0.2) is 0 Å². The first-order chi connectivity index (χ1) is 6.69. The fraction of sp³-hybridized carbons (Fsp3) is 0.500. The van der Waals surface area contributed by atoms with E-state index in [1.54, 1.807) is 7.11 Å². The Balaban J connectivity index is 2.83. The minimum atomic E-state index is 0.196. The Morgan fingerprint density at radius 2 is 2.14 bits per heavy atom. The average molecular weight is 213 g/mol. The number of benzene rings is 1. The van der Waals surface area contributed by atoms with Crippen LogP contribution < -0.4 is 4.74 Å². The lowest BCUT2D eigenvalue weighted by Crippen LogP contribution is -2.08. The summed E-state index contributed by atoms with van der Waals surface area (Å²) >= 11 is 6.20. The van der Waals surface area contributed by atoms with Crippen LogP contribution in [0.15, 0.2) is 24.3 Å². The van der Waals surface area contributed by atoms with Crippen molar-refractivity contribution in [2.75, 3.05) is 7.11 Å². The molecule has 0 radical (unpaired) electrons. The summed E-state index contributed by atoms with van der Waals surface area (Å²) in [6.07, 6.45) is 0.986. The first-order valence-corrected chi connectivity index (χ1v) is 5.40. The normalized spacial score (nSPS) is 14.9. The lowest BCUT2D eigenvalue weighted by molar-refractivity contribution is 0.414. The molecule has 1 aromatic carbocycles. The lowest BCUT2D eigenvalue weighted by atomic mass is 9.96. The fourth-order valence-corrected chi connectivity index (χ4v) is 1.63. The molecule has 0 amide bonds. The Hall–Kier alpha value is -0.690. The molecule has 2 heteroatoms. The van der Waals surface area contributed by atoms with Crippen LogP contribution in [0.3, 0.4) is 0 Å². The first kappa shape index (κ1) is 11.4. The zero-order valence-corrected chi connectivity index (χ0v) is 9.71. The van der Waals surface area contributed by atoms with Crippen molar-refractivity contribution in [3.8, 4) is 5.75 Å². The van der Waals surface area contributed by atoms with Gasteiger partial charge in [0.15, 0.2) is 0 Å². The third-order valence-electron chi connectivity index (χ3n) is 2.55. The van der Waals surface area contributed by atoms with Gasteiger partial charge in [0.05, 0.1) is 7.11 Å². The molecule has 0 saturated carbocycles. The predicted octanol–water partition coefficient (Wildman–Crippen LogP) is 3.82. The number of alkyl halides is 1. The molecule has 0 N–H and O–H groups in total. The van der Waals surface area contributed by atoms with Gasteiger partial charge in [-0.15, -0.1) is 11.6 Å². The standard InChI is InChI=1S/C12H17ClO/c1-4-12(13)9(2)10-6-5-7-11(8-10)14-3/h5-9,12H,4H2,1-3H3. The van der Waals surface area contributed by atoms with Crippen LogP contribution in [-0.4, -0.2) is 12.5 Å². The number of hydrogen-bond donors (Lipinski definition) is 0. The van der Waals surface area contributed by atoms with Crippen molar-refractivity contribution in [1.29, 1.82) is 0 Å². The molecule has 0 fully saturated rings. The second-order valence-corrected chi connectivity index (χ2v) is 4.05. The zero-order chi connectivity index (χ0) is 10.6. The van der Waals surface area contributed by atoms with Crippen molar-refractivity contribution < 1.29 is 4.74 Å². The SMILES string of the molecule is CCC(Cl)C(C)c1cccc(OC)c1. The molecule has 2 unspecified atom stereocenters. The van der Waals surface area contributed by atoms with Gasteiger partial charge in [0.25, 0.3) is 0 Å². The van der Waals surface area contributed by atoms with Gasteiger partial charge in [-0.05, 0) is 30.0 Å². The molecule has 0 spiro atoms. The number of halogens is 1. The highest BCUT2D eigenvalue weighted by Gasteiger charge is 2.14. The molecule has 1 aromatic rings. The third-order valence-corrected chi connectivity index (χ3v) is 3.24. The summed E-state index contributed by atoms with van der Waals surface area (Å²) in [5.74, 6) is 1.27. The summed E-state index contributed by atoms with van der Waals surface area (Å²) in [5.41, 5.74) is 1.24. The van der Waals surface area contributed by atoms with E-state index in [1.807, 2.05) is 12.1 Å². The second kappa shape index (κ2) is 5.26. The Morgan fingerprint density at radius 1 is 1.43 bits per heavy atom. The van der Waals surface area contributed by atoms with E-state index in [1.165, 1.54) is 5.56 Å². The highest BCUT2D eigenvalue weighted by atomic mass is 35.5. The number of hydrogen-bond acceptors (Lipinski definition) is 1. The van der Waals surface area contributed by atoms with Gasteiger partial charge in [-0.1, -0.05) is 26.0 Å². The third kappa shape index (κ3) is 2.65. The van der Waals surface area contributed by atoms with Crippen LogP contribution in [0.4, 0.5) is 0 Å². The molecular formula is C12H17ClO. The van der Waals surface area contributed by atoms with E-state index in [-0.39, 0.29) is 5.38 Å². The van der Waals surface area contributed by atoms with Crippen LogP contribution in [-0.2, 0) is 0 Å². The average Bonchev–Trinajstić information content (AvgIpc) is 2.27. The molecule has 0 aromatic heterocycles. The van der Waals surface area contributed by atoms with Crippen LogP contribution >= 0.6 is 11.6 Å². The topological polar surface area (TPSA) is 9.23 Å². The Bertz CT molecular complexity index is 285. The smallest absolute Gasteiger partial charge is 0.119 e. The van der Waals surface area contributed by atoms with E-state index in [4.69, 9.17) is 16.3 Å². The van der Waals surface area contributed by atoms with Crippen LogP contribution in [0.5, 0.6) is 5.75 Å². The van der Waals surface area contributed by atoms with E-state index in [2.05, 4.69) is 26.0 Å². The lowest BCUT2D eigenvalue weighted by Gasteiger charge is -2.17. The Morgan fingerprint density at radius 3 is 2.71 bits per heavy atom. The molecule has 0 heterocycles. The second-order valence-electron chi connectivity index (χ2n) is 3.49. The van der Waals surface area contributed by atoms with Gasteiger partial charge < -0.3 is 4.74 Å². The van der Waals surface area contributed by atoms with Crippen LogP contribution in [0.1, 0.15) is 31.7 Å². The summed E-state index contributed by atoms with van der Waals surface area (Å²) in [6, 6.07) is 8.10. The van der Waals surface area contributed by atoms with E-state index in [9.17, 15) is 0 Å². The monoisotopic (exact) mass is 212 g/mol. The summed E-state index contributed by atoms with van der Waals surface area (Å²) < 4.78 is 5.18. The van der Waals surface area contributed by atoms with Crippen LogP contribution in [0, 0.1) is 0 Å². The summed E-state index contributed by atoms with van der Waals surface area (Å²) in [4.78, 5) is 0. The maximum absolute atomic E-state index is 6.20. The van der Waals surface area contributed by atoms with Crippen LogP contribution in [0.2, 0.25) is 0 Å². The number of rotatable bonds is 4. The van der Waals surface area contributed by atoms with E-state index in [0.717, 1.165) is 12.2 Å². The maximum Gasteiger partial charge on any atom is 0.119 e. The van der Waals surface area contributed by atoms with Gasteiger partial charge in [0.1, 0.15) is 5.75 Å². The summed E-state index contributed by atoms with van der Waals surface area (Å²) in [7, 11) is 1.68. The van der Waals surface area contributed by atoms with Gasteiger partial charge in [-0.3, -0.25) is 0 Å². The van der Waals surface area contributed by atoms with Gasteiger partial charge in [0.2, 0.25) is 0 Å². The first-order valence-electron chi connectivity index (χ1n) is 4.97. The zero-order valence-electron chi connectivity index (χ0n) is 8.96. The molecule has 0 aliphatic heterocycles. The van der Waals surface area contributed by atoms with Crippen molar-refractivity contribution in [1.82, 2.24) is 0 Å². The molecule has 2 atom stereocenters. The van der Waals surface area contributed by atoms with Crippen LogP contribution in [0.25, 0.3) is 0 Å². The minimum absolute atomic E-state index is 0.196. The van der Waals surface area contributed by atoms with Crippen molar-refractivity contribution >= 4 is 11.6 Å². The van der Waals surface area contributed by atoms with E-state index >= 15 is 0 Å². The van der Waals surface area contributed by atoms with Gasteiger partial charge in [0, 0.05) is 5.38 Å². The fourth-order valence-electron chi connectivity index (χ4n) is 1.49. The van der Waals surface area contributed by atoms with Crippen molar-refractivity contribution in [3.05, 3.63) is 29.8 Å². The quantitative estimate of drug-likeness (QED) is 0.690. The molecule has 78 valence electrons. The van der Waals surface area contributed by atoms with Crippen molar-refractivity contribution in [3.63, 3.8) is 0 Å². The predicted molar refractivity (Wildman–Crippen MR) is 61.3 cm³/mol. The molecule has 1 nitrogen and oxygen atoms in total. The molecule has 0 bridgehead atoms. The Labute approximate surface area is 91.0 Å². The molecule has 14 heavy (non-hydrogen) atoms. The largest absolute Gasteiger partial charge is 0.497 e. The molecular weight excluding hydrogens is 196 g/mol. The maximum atomic E-state index is 6.20. The molecule has 1 rings (SSSR count). The number of ether oxygens (including phenoxy) is 1. The molecule has 0 aliphatic rings. The highest BCUT2D eigenvalue weighted by Crippen LogP contribution is 2.27. The highest BCUT2D eigenvalue weighted by molar-refractivity contribution is 6.21. The Kier molecular flexibility index (Phi) is 4.27. The summed E-state index contributed by atoms with van der Waals surface area (Å²) in [6.45, 7) is 4.25. The van der Waals surface area contributed by atoms with E-state index < -0.39 is 0 Å². The van der Waals surface area contributed by atoms with Gasteiger partial charge in [-0.2, -0.15) is 0 Å². The minimum Gasteiger partial charge on any atom is -0.497 e. The van der Waals surface area contributed by atoms with Crippen molar-refractivity contribution in [2.45, 2.75) is 31.6 Å². The van der Waals surface area contributed by atoms with Crippen molar-refractivity contribution in [2.24, 2.45) is 0 Å².